The van der Waals surface area contributed by atoms with Crippen molar-refractivity contribution in [1.82, 2.24) is 9.62 Å². The summed E-state index contributed by atoms with van der Waals surface area (Å²) in [5.74, 6) is 1.39. The molecular formula is C14H26N2O2S. The lowest BCUT2D eigenvalue weighted by Crippen LogP contribution is -2.38. The van der Waals surface area contributed by atoms with Gasteiger partial charge in [0.2, 0.25) is 10.0 Å². The lowest BCUT2D eigenvalue weighted by molar-refractivity contribution is 0.237. The van der Waals surface area contributed by atoms with E-state index < -0.39 is 10.0 Å². The van der Waals surface area contributed by atoms with Gasteiger partial charge in [-0.15, -0.1) is 0 Å². The first-order chi connectivity index (χ1) is 8.85. The van der Waals surface area contributed by atoms with Crippen LogP contribution in [0.4, 0.5) is 0 Å². The highest BCUT2D eigenvalue weighted by Gasteiger charge is 2.29. The van der Waals surface area contributed by atoms with Gasteiger partial charge in [-0.25, -0.2) is 13.1 Å². The molecule has 19 heavy (non-hydrogen) atoms. The normalized spacial score (nSPS) is 33.4. The van der Waals surface area contributed by atoms with E-state index in [1.807, 2.05) is 0 Å². The van der Waals surface area contributed by atoms with Crippen molar-refractivity contribution in [3.05, 3.63) is 11.6 Å². The number of hydrogen-bond acceptors (Lipinski definition) is 3. The molecule has 110 valence electrons. The van der Waals surface area contributed by atoms with Crippen molar-refractivity contribution >= 4 is 10.0 Å². The molecule has 1 fully saturated rings. The SMILES string of the molecule is CC1=CCC[C@H](C)[C@H]1CN1CC[C@@H](NS(C)(=O)=O)C1. The van der Waals surface area contributed by atoms with E-state index in [9.17, 15) is 8.42 Å². The van der Waals surface area contributed by atoms with Gasteiger partial charge >= 0.3 is 0 Å². The topological polar surface area (TPSA) is 49.4 Å². The van der Waals surface area contributed by atoms with Crippen LogP contribution in [0.2, 0.25) is 0 Å². The minimum absolute atomic E-state index is 0.0955. The molecule has 0 saturated carbocycles. The first-order valence-electron chi connectivity index (χ1n) is 7.21. The lowest BCUT2D eigenvalue weighted by atomic mass is 9.80. The maximum atomic E-state index is 11.2. The molecule has 1 saturated heterocycles. The summed E-state index contributed by atoms with van der Waals surface area (Å²) in [5.41, 5.74) is 1.51. The molecule has 0 amide bonds. The maximum absolute atomic E-state index is 11.2. The third kappa shape index (κ3) is 4.29. The molecule has 0 spiro atoms. The van der Waals surface area contributed by atoms with Crippen LogP contribution in [0, 0.1) is 11.8 Å². The Hall–Kier alpha value is -0.390. The van der Waals surface area contributed by atoms with Crippen molar-refractivity contribution in [1.29, 1.82) is 0 Å². The Morgan fingerprint density at radius 2 is 2.16 bits per heavy atom. The lowest BCUT2D eigenvalue weighted by Gasteiger charge is -2.32. The Bertz CT molecular complexity index is 444. The molecule has 0 bridgehead atoms. The third-order valence-corrected chi connectivity index (χ3v) is 5.23. The molecule has 5 heteroatoms. The minimum atomic E-state index is -3.07. The predicted octanol–water partition coefficient (Wildman–Crippen LogP) is 1.60. The fourth-order valence-electron chi connectivity index (χ4n) is 3.37. The van der Waals surface area contributed by atoms with Crippen molar-refractivity contribution in [3.63, 3.8) is 0 Å². The van der Waals surface area contributed by atoms with E-state index in [-0.39, 0.29) is 6.04 Å². The average molecular weight is 286 g/mol. The van der Waals surface area contributed by atoms with E-state index in [1.54, 1.807) is 0 Å². The second kappa shape index (κ2) is 5.94. The Morgan fingerprint density at radius 3 is 2.79 bits per heavy atom. The zero-order valence-corrected chi connectivity index (χ0v) is 13.0. The van der Waals surface area contributed by atoms with Crippen molar-refractivity contribution in [2.75, 3.05) is 25.9 Å². The number of likely N-dealkylation sites (tertiary alicyclic amines) is 1. The molecule has 0 aromatic heterocycles. The molecule has 2 rings (SSSR count). The van der Waals surface area contributed by atoms with Crippen molar-refractivity contribution < 1.29 is 8.42 Å². The summed E-state index contributed by atoms with van der Waals surface area (Å²) in [5, 5.41) is 0. The van der Waals surface area contributed by atoms with E-state index in [0.29, 0.717) is 5.92 Å². The van der Waals surface area contributed by atoms with Gasteiger partial charge in [0.15, 0.2) is 0 Å². The number of sulfonamides is 1. The Balaban J connectivity index is 1.88. The summed E-state index contributed by atoms with van der Waals surface area (Å²) in [6.07, 6.45) is 7.03. The molecule has 0 radical (unpaired) electrons. The zero-order chi connectivity index (χ0) is 14.0. The van der Waals surface area contributed by atoms with E-state index >= 15 is 0 Å². The molecule has 1 aliphatic heterocycles. The molecule has 0 aromatic carbocycles. The molecule has 4 nitrogen and oxygen atoms in total. The van der Waals surface area contributed by atoms with Gasteiger partial charge in [0.05, 0.1) is 6.26 Å². The van der Waals surface area contributed by atoms with Gasteiger partial charge < -0.3 is 4.90 Å². The summed E-state index contributed by atoms with van der Waals surface area (Å²) >= 11 is 0. The molecule has 2 aliphatic rings. The molecule has 1 heterocycles. The van der Waals surface area contributed by atoms with Gasteiger partial charge in [0.1, 0.15) is 0 Å². The Labute approximate surface area is 117 Å². The number of nitrogens with zero attached hydrogens (tertiary/aromatic N) is 1. The van der Waals surface area contributed by atoms with Crippen LogP contribution >= 0.6 is 0 Å². The van der Waals surface area contributed by atoms with Crippen LogP contribution in [0.25, 0.3) is 0 Å². The van der Waals surface area contributed by atoms with Gasteiger partial charge in [-0.1, -0.05) is 18.6 Å². The molecule has 1 aliphatic carbocycles. The number of hydrogen-bond donors (Lipinski definition) is 1. The van der Waals surface area contributed by atoms with Crippen molar-refractivity contribution in [3.8, 4) is 0 Å². The average Bonchev–Trinajstić information content (AvgIpc) is 2.69. The third-order valence-electron chi connectivity index (χ3n) is 4.47. The number of rotatable bonds is 4. The molecule has 0 aromatic rings. The van der Waals surface area contributed by atoms with Crippen LogP contribution in [0.3, 0.4) is 0 Å². The van der Waals surface area contributed by atoms with Crippen LogP contribution in [-0.4, -0.2) is 45.2 Å². The zero-order valence-electron chi connectivity index (χ0n) is 12.2. The van der Waals surface area contributed by atoms with Crippen LogP contribution in [0.5, 0.6) is 0 Å². The first-order valence-corrected chi connectivity index (χ1v) is 9.10. The van der Waals surface area contributed by atoms with Crippen LogP contribution in [-0.2, 0) is 10.0 Å². The monoisotopic (exact) mass is 286 g/mol. The second-order valence-corrected chi connectivity index (χ2v) is 8.02. The summed E-state index contributed by atoms with van der Waals surface area (Å²) in [6.45, 7) is 7.50. The summed E-state index contributed by atoms with van der Waals surface area (Å²) in [6, 6.07) is 0.0955. The van der Waals surface area contributed by atoms with Crippen molar-refractivity contribution in [2.45, 2.75) is 39.2 Å². The fraction of sp³-hybridized carbons (Fsp3) is 0.857. The van der Waals surface area contributed by atoms with Crippen LogP contribution < -0.4 is 4.72 Å². The fourth-order valence-corrected chi connectivity index (χ4v) is 4.17. The van der Waals surface area contributed by atoms with Crippen LogP contribution in [0.15, 0.2) is 11.6 Å². The van der Waals surface area contributed by atoms with Gasteiger partial charge in [0, 0.05) is 19.1 Å². The van der Waals surface area contributed by atoms with Gasteiger partial charge in [-0.05, 0) is 44.6 Å². The molecule has 1 N–H and O–H groups in total. The summed E-state index contributed by atoms with van der Waals surface area (Å²) < 4.78 is 25.2. The minimum Gasteiger partial charge on any atom is -0.301 e. The highest BCUT2D eigenvalue weighted by molar-refractivity contribution is 7.88. The van der Waals surface area contributed by atoms with E-state index in [0.717, 1.165) is 32.0 Å². The Morgan fingerprint density at radius 1 is 1.42 bits per heavy atom. The van der Waals surface area contributed by atoms with Gasteiger partial charge in [-0.2, -0.15) is 0 Å². The predicted molar refractivity (Wildman–Crippen MR) is 78.5 cm³/mol. The van der Waals surface area contributed by atoms with E-state index in [1.165, 1.54) is 24.7 Å². The van der Waals surface area contributed by atoms with Gasteiger partial charge in [0.25, 0.3) is 0 Å². The summed E-state index contributed by atoms with van der Waals surface area (Å²) in [7, 11) is -3.07. The quantitative estimate of drug-likeness (QED) is 0.799. The molecule has 3 atom stereocenters. The Kier molecular flexibility index (Phi) is 4.69. The van der Waals surface area contributed by atoms with Crippen LogP contribution in [0.1, 0.15) is 33.1 Å². The highest BCUT2D eigenvalue weighted by Crippen LogP contribution is 2.31. The maximum Gasteiger partial charge on any atom is 0.208 e. The largest absolute Gasteiger partial charge is 0.301 e. The summed E-state index contributed by atoms with van der Waals surface area (Å²) in [4.78, 5) is 2.41. The second-order valence-electron chi connectivity index (χ2n) is 6.24. The van der Waals surface area contributed by atoms with E-state index in [2.05, 4.69) is 29.5 Å². The van der Waals surface area contributed by atoms with Gasteiger partial charge in [-0.3, -0.25) is 0 Å². The standard InChI is InChI=1S/C14H26N2O2S/c1-11-5-4-6-12(2)14(11)10-16-8-7-13(9-16)15-19(3,17)18/h5,12-15H,4,6-10H2,1-3H3/t12-,13+,14-/m0/s1. The first kappa shape index (κ1) is 15.0. The molecular weight excluding hydrogens is 260 g/mol. The smallest absolute Gasteiger partial charge is 0.208 e. The number of allylic oxidation sites excluding steroid dienone is 1. The molecule has 0 unspecified atom stereocenters. The van der Waals surface area contributed by atoms with E-state index in [4.69, 9.17) is 0 Å². The van der Waals surface area contributed by atoms with Crippen molar-refractivity contribution in [2.24, 2.45) is 11.8 Å². The number of nitrogens with one attached hydrogen (secondary N) is 1. The highest BCUT2D eigenvalue weighted by atomic mass is 32.2.